The number of hydrogen-bond donors (Lipinski definition) is 0. The number of piperazine rings is 1. The van der Waals surface area contributed by atoms with Crippen LogP contribution >= 0.6 is 11.6 Å². The molecule has 0 saturated carbocycles. The third kappa shape index (κ3) is 3.62. The Hall–Kier alpha value is -3.65. The topological polar surface area (TPSA) is 75.7 Å². The first-order valence-corrected chi connectivity index (χ1v) is 10.7. The molecule has 9 heteroatoms. The van der Waals surface area contributed by atoms with E-state index in [0.717, 1.165) is 11.2 Å². The molecule has 0 bridgehead atoms. The van der Waals surface area contributed by atoms with E-state index in [4.69, 9.17) is 11.6 Å². The number of imidazole rings is 1. The lowest BCUT2D eigenvalue weighted by Crippen LogP contribution is -2.49. The molecule has 3 aromatic heterocycles. The summed E-state index contributed by atoms with van der Waals surface area (Å²) in [7, 11) is 0. The lowest BCUT2D eigenvalue weighted by molar-refractivity contribution is 0.0741. The SMILES string of the molecule is Cc1ccn2cc(C(=O)N3CCN(c4cnn(-c5ccccc5)c(=O)c4Cl)CC3)nc2c1. The second-order valence-electron chi connectivity index (χ2n) is 7.77. The molecule has 0 atom stereocenters. The van der Waals surface area contributed by atoms with Gasteiger partial charge in [-0.1, -0.05) is 29.8 Å². The van der Waals surface area contributed by atoms with Crippen molar-refractivity contribution in [1.29, 1.82) is 0 Å². The summed E-state index contributed by atoms with van der Waals surface area (Å²) in [6.07, 6.45) is 5.27. The Balaban J connectivity index is 1.31. The molecule has 5 rings (SSSR count). The third-order valence-electron chi connectivity index (χ3n) is 5.64. The van der Waals surface area contributed by atoms with Crippen molar-refractivity contribution in [1.82, 2.24) is 24.1 Å². The average molecular weight is 449 g/mol. The molecule has 0 aliphatic carbocycles. The lowest BCUT2D eigenvalue weighted by Gasteiger charge is -2.35. The van der Waals surface area contributed by atoms with E-state index in [2.05, 4.69) is 10.1 Å². The van der Waals surface area contributed by atoms with Gasteiger partial charge in [-0.3, -0.25) is 9.59 Å². The second-order valence-corrected chi connectivity index (χ2v) is 8.15. The maximum absolute atomic E-state index is 13.0. The Labute approximate surface area is 189 Å². The summed E-state index contributed by atoms with van der Waals surface area (Å²) in [6, 6.07) is 13.1. The van der Waals surface area contributed by atoms with E-state index >= 15 is 0 Å². The maximum atomic E-state index is 13.0. The van der Waals surface area contributed by atoms with Gasteiger partial charge in [-0.25, -0.2) is 4.98 Å². The first-order valence-electron chi connectivity index (χ1n) is 10.3. The second kappa shape index (κ2) is 8.12. The predicted octanol–water partition coefficient (Wildman–Crippen LogP) is 2.80. The first kappa shape index (κ1) is 20.3. The van der Waals surface area contributed by atoms with Gasteiger partial charge in [0.15, 0.2) is 0 Å². The van der Waals surface area contributed by atoms with Crippen LogP contribution in [0.1, 0.15) is 16.1 Å². The first-order chi connectivity index (χ1) is 15.5. The van der Waals surface area contributed by atoms with Crippen LogP contribution in [0.5, 0.6) is 0 Å². The van der Waals surface area contributed by atoms with Crippen molar-refractivity contribution in [3.8, 4) is 5.69 Å². The van der Waals surface area contributed by atoms with Crippen molar-refractivity contribution >= 4 is 28.8 Å². The molecule has 0 spiro atoms. The molecular formula is C23H21ClN6O2. The van der Waals surface area contributed by atoms with Gasteiger partial charge in [0.05, 0.1) is 17.6 Å². The molecule has 0 unspecified atom stereocenters. The number of nitrogens with zero attached hydrogens (tertiary/aromatic N) is 6. The molecule has 4 aromatic rings. The Morgan fingerprint density at radius 1 is 1.06 bits per heavy atom. The fraction of sp³-hybridized carbons (Fsp3) is 0.217. The van der Waals surface area contributed by atoms with Gasteiger partial charge in [0.1, 0.15) is 16.4 Å². The van der Waals surface area contributed by atoms with Crippen LogP contribution in [0.2, 0.25) is 5.02 Å². The van der Waals surface area contributed by atoms with Gasteiger partial charge >= 0.3 is 0 Å². The fourth-order valence-corrected chi connectivity index (χ4v) is 4.15. The number of amides is 1. The number of rotatable bonds is 3. The highest BCUT2D eigenvalue weighted by atomic mass is 35.5. The summed E-state index contributed by atoms with van der Waals surface area (Å²) in [5, 5.41) is 4.43. The number of carbonyl (C=O) groups is 1. The maximum Gasteiger partial charge on any atom is 0.292 e. The van der Waals surface area contributed by atoms with E-state index in [0.29, 0.717) is 43.2 Å². The molecule has 0 radical (unpaired) electrons. The van der Waals surface area contributed by atoms with Crippen molar-refractivity contribution in [2.24, 2.45) is 0 Å². The largest absolute Gasteiger partial charge is 0.365 e. The number of pyridine rings is 1. The Morgan fingerprint density at radius 3 is 2.56 bits per heavy atom. The highest BCUT2D eigenvalue weighted by Crippen LogP contribution is 2.23. The fourth-order valence-electron chi connectivity index (χ4n) is 3.90. The van der Waals surface area contributed by atoms with Gasteiger partial charge in [-0.15, -0.1) is 0 Å². The van der Waals surface area contributed by atoms with Crippen molar-refractivity contribution < 1.29 is 4.79 Å². The minimum atomic E-state index is -0.367. The number of hydrogen-bond acceptors (Lipinski definition) is 5. The molecule has 1 aromatic carbocycles. The van der Waals surface area contributed by atoms with Gasteiger partial charge in [-0.05, 0) is 36.8 Å². The van der Waals surface area contributed by atoms with Gasteiger partial charge < -0.3 is 14.2 Å². The highest BCUT2D eigenvalue weighted by molar-refractivity contribution is 6.33. The zero-order valence-electron chi connectivity index (χ0n) is 17.5. The van der Waals surface area contributed by atoms with E-state index in [1.165, 1.54) is 4.68 Å². The smallest absolute Gasteiger partial charge is 0.292 e. The summed E-state index contributed by atoms with van der Waals surface area (Å²) in [4.78, 5) is 34.0. The Bertz CT molecular complexity index is 1360. The lowest BCUT2D eigenvalue weighted by atomic mass is 10.2. The quantitative estimate of drug-likeness (QED) is 0.481. The normalized spacial score (nSPS) is 14.2. The average Bonchev–Trinajstić information content (AvgIpc) is 3.24. The third-order valence-corrected chi connectivity index (χ3v) is 6.00. The van der Waals surface area contributed by atoms with E-state index < -0.39 is 0 Å². The van der Waals surface area contributed by atoms with Gasteiger partial charge in [0.2, 0.25) is 0 Å². The van der Waals surface area contributed by atoms with Crippen LogP contribution in [0.3, 0.4) is 0 Å². The molecule has 1 fully saturated rings. The van der Waals surface area contributed by atoms with Crippen LogP contribution in [0.15, 0.2) is 65.8 Å². The molecule has 162 valence electrons. The van der Waals surface area contributed by atoms with Crippen LogP contribution in [0.25, 0.3) is 11.3 Å². The van der Waals surface area contributed by atoms with Crippen molar-refractivity contribution in [2.75, 3.05) is 31.1 Å². The number of carbonyl (C=O) groups excluding carboxylic acids is 1. The molecule has 32 heavy (non-hydrogen) atoms. The van der Waals surface area contributed by atoms with Gasteiger partial charge in [-0.2, -0.15) is 9.78 Å². The predicted molar refractivity (Wildman–Crippen MR) is 123 cm³/mol. The van der Waals surface area contributed by atoms with Gasteiger partial charge in [0.25, 0.3) is 11.5 Å². The molecule has 8 nitrogen and oxygen atoms in total. The zero-order valence-corrected chi connectivity index (χ0v) is 18.2. The number of anilines is 1. The molecule has 0 N–H and O–H groups in total. The summed E-state index contributed by atoms with van der Waals surface area (Å²) < 4.78 is 3.14. The summed E-state index contributed by atoms with van der Waals surface area (Å²) in [5.74, 6) is -0.102. The molecule has 4 heterocycles. The molecule has 1 amide bonds. The van der Waals surface area contributed by atoms with Crippen LogP contribution < -0.4 is 10.5 Å². The molecule has 1 saturated heterocycles. The standard InChI is InChI=1S/C23H21ClN6O2/c1-16-7-8-29-15-18(26-20(29)13-16)22(31)28-11-9-27(10-12-28)19-14-25-30(23(32)21(19)24)17-5-3-2-4-6-17/h2-8,13-15H,9-12H2,1H3. The summed E-state index contributed by atoms with van der Waals surface area (Å²) >= 11 is 6.43. The summed E-state index contributed by atoms with van der Waals surface area (Å²) in [5.41, 5.74) is 3.14. The minimum absolute atomic E-state index is 0.102. The van der Waals surface area contributed by atoms with E-state index in [1.54, 1.807) is 29.4 Å². The zero-order chi connectivity index (χ0) is 22.2. The number of para-hydroxylation sites is 1. The molecular weight excluding hydrogens is 428 g/mol. The van der Waals surface area contributed by atoms with Crippen LogP contribution in [-0.4, -0.2) is 56.2 Å². The molecule has 1 aliphatic rings. The van der Waals surface area contributed by atoms with Gasteiger partial charge in [0, 0.05) is 38.6 Å². The van der Waals surface area contributed by atoms with Crippen molar-refractivity contribution in [2.45, 2.75) is 6.92 Å². The monoisotopic (exact) mass is 448 g/mol. The highest BCUT2D eigenvalue weighted by Gasteiger charge is 2.26. The van der Waals surface area contributed by atoms with E-state index in [1.807, 2.05) is 52.8 Å². The van der Waals surface area contributed by atoms with Crippen molar-refractivity contribution in [3.63, 3.8) is 0 Å². The van der Waals surface area contributed by atoms with Crippen LogP contribution in [0.4, 0.5) is 5.69 Å². The number of aryl methyl sites for hydroxylation is 1. The minimum Gasteiger partial charge on any atom is -0.365 e. The van der Waals surface area contributed by atoms with Crippen molar-refractivity contribution in [3.05, 3.63) is 87.7 Å². The Kier molecular flexibility index (Phi) is 5.14. The number of fused-ring (bicyclic) bond motifs is 1. The number of halogens is 1. The number of aromatic nitrogens is 4. The Morgan fingerprint density at radius 2 is 1.81 bits per heavy atom. The van der Waals surface area contributed by atoms with Crippen LogP contribution in [-0.2, 0) is 0 Å². The van der Waals surface area contributed by atoms with Crippen LogP contribution in [0, 0.1) is 6.92 Å². The van der Waals surface area contributed by atoms with E-state index in [9.17, 15) is 9.59 Å². The summed E-state index contributed by atoms with van der Waals surface area (Å²) in [6.45, 7) is 4.10. The van der Waals surface area contributed by atoms with E-state index in [-0.39, 0.29) is 16.5 Å². The molecule has 1 aliphatic heterocycles. The number of benzene rings is 1.